The molecule has 3 heteroatoms. The number of aliphatic hydroxyl groups is 1. The molecule has 1 atom stereocenters. The van der Waals surface area contributed by atoms with Crippen molar-refractivity contribution in [2.24, 2.45) is 0 Å². The van der Waals surface area contributed by atoms with Gasteiger partial charge in [0.2, 0.25) is 0 Å². The second kappa shape index (κ2) is 3.09. The zero-order chi connectivity index (χ0) is 8.48. The average Bonchev–Trinajstić information content (AvgIpc) is 2.34. The monoisotopic (exact) mass is 186 g/mol. The average molecular weight is 186 g/mol. The highest BCUT2D eigenvalue weighted by molar-refractivity contribution is 7.10. The maximum Gasteiger partial charge on any atom is 0.0849 e. The van der Waals surface area contributed by atoms with E-state index in [2.05, 4.69) is 19.6 Å². The Labute approximate surface area is 72.7 Å². The molecule has 1 aromatic rings. The molecule has 62 valence electrons. The molecule has 11 heavy (non-hydrogen) atoms. The van der Waals surface area contributed by atoms with Crippen LogP contribution in [0.5, 0.6) is 0 Å². The molecule has 1 heterocycles. The molecular formula is C8H14OSSi. The molecule has 1 aromatic heterocycles. The highest BCUT2D eigenvalue weighted by Crippen LogP contribution is 2.27. The molecule has 0 saturated carbocycles. The molecule has 0 saturated heterocycles. The van der Waals surface area contributed by atoms with Crippen LogP contribution in [0.25, 0.3) is 0 Å². The zero-order valence-corrected chi connectivity index (χ0v) is 8.98. The summed E-state index contributed by atoms with van der Waals surface area (Å²) in [5, 5.41) is 11.8. The van der Waals surface area contributed by atoms with Gasteiger partial charge in [-0.1, -0.05) is 25.7 Å². The third-order valence-electron chi connectivity index (χ3n) is 1.63. The van der Waals surface area contributed by atoms with E-state index in [1.165, 1.54) is 0 Å². The van der Waals surface area contributed by atoms with Crippen molar-refractivity contribution >= 4 is 19.4 Å². The summed E-state index contributed by atoms with van der Waals surface area (Å²) < 4.78 is 0. The molecule has 1 N–H and O–H groups in total. The first-order chi connectivity index (χ1) is 5.02. The quantitative estimate of drug-likeness (QED) is 0.704. The van der Waals surface area contributed by atoms with Crippen LogP contribution in [0, 0.1) is 0 Å². The van der Waals surface area contributed by atoms with Crippen LogP contribution in [0.3, 0.4) is 0 Å². The Morgan fingerprint density at radius 1 is 1.45 bits per heavy atom. The third-order valence-corrected chi connectivity index (χ3v) is 4.72. The minimum absolute atomic E-state index is 0.192. The minimum Gasteiger partial charge on any atom is -0.391 e. The van der Waals surface area contributed by atoms with Crippen LogP contribution < -0.4 is 0 Å². The predicted molar refractivity (Wildman–Crippen MR) is 52.6 cm³/mol. The van der Waals surface area contributed by atoms with E-state index >= 15 is 0 Å². The number of aliphatic hydroxyl groups excluding tert-OH is 1. The first kappa shape index (κ1) is 8.97. The number of rotatable bonds is 2. The summed E-state index contributed by atoms with van der Waals surface area (Å²) in [4.78, 5) is 1.11. The van der Waals surface area contributed by atoms with Crippen molar-refractivity contribution in [3.05, 3.63) is 22.4 Å². The van der Waals surface area contributed by atoms with Gasteiger partial charge in [0.15, 0.2) is 0 Å². The van der Waals surface area contributed by atoms with E-state index in [1.54, 1.807) is 11.3 Å². The van der Waals surface area contributed by atoms with E-state index in [9.17, 15) is 5.11 Å². The van der Waals surface area contributed by atoms with Gasteiger partial charge in [0.1, 0.15) is 0 Å². The van der Waals surface area contributed by atoms with Gasteiger partial charge in [0, 0.05) is 4.88 Å². The fourth-order valence-corrected chi connectivity index (χ4v) is 3.69. The van der Waals surface area contributed by atoms with Gasteiger partial charge in [-0.2, -0.15) is 0 Å². The van der Waals surface area contributed by atoms with Gasteiger partial charge in [-0.15, -0.1) is 11.3 Å². The van der Waals surface area contributed by atoms with Crippen molar-refractivity contribution < 1.29 is 5.11 Å². The normalized spacial score (nSPS) is 14.9. The molecule has 0 fully saturated rings. The van der Waals surface area contributed by atoms with Gasteiger partial charge in [-0.05, 0) is 11.4 Å². The second-order valence-electron chi connectivity index (χ2n) is 3.78. The summed E-state index contributed by atoms with van der Waals surface area (Å²) in [6.45, 7) is 6.53. The molecule has 0 spiro atoms. The molecule has 1 rings (SSSR count). The van der Waals surface area contributed by atoms with E-state index in [1.807, 2.05) is 17.5 Å². The lowest BCUT2D eigenvalue weighted by Crippen LogP contribution is -2.29. The highest BCUT2D eigenvalue weighted by atomic mass is 32.1. The van der Waals surface area contributed by atoms with Gasteiger partial charge in [0.05, 0.1) is 13.8 Å². The zero-order valence-electron chi connectivity index (χ0n) is 7.16. The lowest BCUT2D eigenvalue weighted by molar-refractivity contribution is 0.253. The third kappa shape index (κ3) is 2.15. The lowest BCUT2D eigenvalue weighted by atomic mass is 10.5. The molecule has 0 radical (unpaired) electrons. The molecule has 0 aromatic carbocycles. The van der Waals surface area contributed by atoms with E-state index in [-0.39, 0.29) is 5.73 Å². The van der Waals surface area contributed by atoms with Crippen molar-refractivity contribution in [2.45, 2.75) is 25.4 Å². The minimum atomic E-state index is -1.40. The van der Waals surface area contributed by atoms with Gasteiger partial charge in [-0.3, -0.25) is 0 Å². The Balaban J connectivity index is 2.78. The predicted octanol–water partition coefficient (Wildman–Crippen LogP) is 2.66. The van der Waals surface area contributed by atoms with Crippen LogP contribution in [0.15, 0.2) is 17.5 Å². The maximum absolute atomic E-state index is 9.82. The number of hydrogen-bond donors (Lipinski definition) is 1. The van der Waals surface area contributed by atoms with Crippen LogP contribution in [-0.4, -0.2) is 13.2 Å². The van der Waals surface area contributed by atoms with Gasteiger partial charge in [-0.25, -0.2) is 0 Å². The summed E-state index contributed by atoms with van der Waals surface area (Å²) in [5.41, 5.74) is -0.192. The van der Waals surface area contributed by atoms with Crippen LogP contribution in [-0.2, 0) is 0 Å². The Hall–Kier alpha value is -0.123. The smallest absolute Gasteiger partial charge is 0.0849 e. The van der Waals surface area contributed by atoms with Gasteiger partial charge >= 0.3 is 0 Å². The summed E-state index contributed by atoms with van der Waals surface area (Å²) in [6.07, 6.45) is 0. The van der Waals surface area contributed by atoms with Crippen LogP contribution >= 0.6 is 11.3 Å². The Kier molecular flexibility index (Phi) is 2.52. The molecule has 1 unspecified atom stereocenters. The first-order valence-electron chi connectivity index (χ1n) is 3.73. The molecule has 0 aliphatic heterocycles. The molecule has 1 nitrogen and oxygen atoms in total. The van der Waals surface area contributed by atoms with E-state index in [0.717, 1.165) is 4.88 Å². The molecule has 0 aliphatic rings. The van der Waals surface area contributed by atoms with Gasteiger partial charge in [0.25, 0.3) is 0 Å². The Morgan fingerprint density at radius 3 is 2.45 bits per heavy atom. The SMILES string of the molecule is C[Si](C)(C)C(O)c1cccs1. The molecule has 0 bridgehead atoms. The molecule has 0 aliphatic carbocycles. The maximum atomic E-state index is 9.82. The van der Waals surface area contributed by atoms with Crippen LogP contribution in [0.4, 0.5) is 0 Å². The first-order valence-corrected chi connectivity index (χ1v) is 8.19. The lowest BCUT2D eigenvalue weighted by Gasteiger charge is -2.22. The Morgan fingerprint density at radius 2 is 2.09 bits per heavy atom. The summed E-state index contributed by atoms with van der Waals surface area (Å²) in [6, 6.07) is 4.00. The fraction of sp³-hybridized carbons (Fsp3) is 0.500. The van der Waals surface area contributed by atoms with Crippen LogP contribution in [0.2, 0.25) is 19.6 Å². The van der Waals surface area contributed by atoms with Gasteiger partial charge < -0.3 is 5.11 Å². The van der Waals surface area contributed by atoms with E-state index in [4.69, 9.17) is 0 Å². The summed E-state index contributed by atoms with van der Waals surface area (Å²) >= 11 is 1.64. The van der Waals surface area contributed by atoms with Crippen molar-refractivity contribution in [1.29, 1.82) is 0 Å². The molecule has 0 amide bonds. The second-order valence-corrected chi connectivity index (χ2v) is 10.0. The topological polar surface area (TPSA) is 20.2 Å². The van der Waals surface area contributed by atoms with Crippen molar-refractivity contribution in [3.8, 4) is 0 Å². The molecular weight excluding hydrogens is 172 g/mol. The van der Waals surface area contributed by atoms with Crippen molar-refractivity contribution in [1.82, 2.24) is 0 Å². The number of hydrogen-bond acceptors (Lipinski definition) is 2. The standard InChI is InChI=1S/C8H14OSSi/c1-11(2,3)8(9)7-5-4-6-10-7/h4-6,8-9H,1-3H3. The van der Waals surface area contributed by atoms with Crippen molar-refractivity contribution in [3.63, 3.8) is 0 Å². The fourth-order valence-electron chi connectivity index (χ4n) is 0.874. The van der Waals surface area contributed by atoms with Crippen LogP contribution in [0.1, 0.15) is 10.6 Å². The van der Waals surface area contributed by atoms with Crippen molar-refractivity contribution in [2.75, 3.05) is 0 Å². The Bertz CT molecular complexity index is 212. The summed E-state index contributed by atoms with van der Waals surface area (Å²) in [5.74, 6) is 0. The summed E-state index contributed by atoms with van der Waals surface area (Å²) in [7, 11) is -1.40. The highest BCUT2D eigenvalue weighted by Gasteiger charge is 2.26. The largest absolute Gasteiger partial charge is 0.391 e. The van der Waals surface area contributed by atoms with E-state index < -0.39 is 8.07 Å². The number of thiophene rings is 1. The van der Waals surface area contributed by atoms with E-state index in [0.29, 0.717) is 0 Å².